The molecule has 4 heterocycles. The normalized spacial score (nSPS) is 12.4. The Morgan fingerprint density at radius 3 is 1.37 bits per heavy atom. The van der Waals surface area contributed by atoms with Gasteiger partial charge in [0.05, 0.1) is 11.0 Å². The molecule has 0 aliphatic carbocycles. The summed E-state index contributed by atoms with van der Waals surface area (Å²) in [6.45, 7) is -0.295. The third-order valence-electron chi connectivity index (χ3n) is 21.2. The van der Waals surface area contributed by atoms with Crippen molar-refractivity contribution in [3.8, 4) is 56.4 Å². The zero-order valence-corrected chi connectivity index (χ0v) is 56.6. The van der Waals surface area contributed by atoms with Crippen molar-refractivity contribution < 1.29 is 0 Å². The number of hydrogen-bond acceptors (Lipinski definition) is 4. The first-order chi connectivity index (χ1) is 47.5. The van der Waals surface area contributed by atoms with Crippen LogP contribution in [0, 0.1) is 0 Å². The first kappa shape index (κ1) is 59.9. The SMILES string of the molecule is Bc1c(B)c(B)c2c(c1B)c1c(B)c(B)c(B)c(B)c1n2-c1ccc2c(c1)c1ccccc1n2-c1nc(-c2cccc(S(c3ccccc3)(c3cccc(-c4ccccc4)c3)c3cccc(-c4ccccc4)c3)c2)nc(N2B(c3ccccc3)c3ccccc3-c3ccccc32)n1. The molecule has 0 amide bonds. The molecule has 6 nitrogen and oxygen atoms in total. The van der Waals surface area contributed by atoms with Crippen molar-refractivity contribution in [2.75, 3.05) is 4.81 Å². The van der Waals surface area contributed by atoms with Crippen molar-refractivity contribution in [1.82, 2.24) is 24.1 Å². The average molecular weight is 1250 g/mol. The van der Waals surface area contributed by atoms with E-state index in [1.54, 1.807) is 0 Å². The van der Waals surface area contributed by atoms with Crippen LogP contribution < -0.4 is 59.4 Å². The zero-order valence-electron chi connectivity index (χ0n) is 55.8. The summed E-state index contributed by atoms with van der Waals surface area (Å²) in [5, 5.41) is 4.90. The van der Waals surface area contributed by atoms with Crippen molar-refractivity contribution in [3.63, 3.8) is 0 Å². The Balaban J connectivity index is 0.949. The topological polar surface area (TPSA) is 51.8 Å². The van der Waals surface area contributed by atoms with E-state index in [2.05, 4.69) is 362 Å². The first-order valence-electron chi connectivity index (χ1n) is 33.6. The van der Waals surface area contributed by atoms with Gasteiger partial charge >= 0.3 is 6.85 Å². The van der Waals surface area contributed by atoms with Gasteiger partial charge in [-0.2, -0.15) is 15.0 Å². The number of hydrogen-bond donors (Lipinski definition) is 0. The van der Waals surface area contributed by atoms with Gasteiger partial charge in [-0.15, -0.1) is 21.0 Å². The molecule has 450 valence electrons. The lowest BCUT2D eigenvalue weighted by atomic mass is 9.46. The van der Waals surface area contributed by atoms with Crippen LogP contribution in [-0.4, -0.2) is 93.7 Å². The van der Waals surface area contributed by atoms with E-state index in [0.29, 0.717) is 17.7 Å². The van der Waals surface area contributed by atoms with Crippen LogP contribution in [0.3, 0.4) is 0 Å². The lowest BCUT2D eigenvalue weighted by molar-refractivity contribution is 0.939. The summed E-state index contributed by atoms with van der Waals surface area (Å²) < 4.78 is 4.87. The molecule has 0 saturated carbocycles. The second kappa shape index (κ2) is 23.8. The summed E-state index contributed by atoms with van der Waals surface area (Å²) in [5.41, 5.74) is 27.4. The monoisotopic (exact) mass is 1250 g/mol. The van der Waals surface area contributed by atoms with E-state index in [1.807, 2.05) is 0 Å². The second-order valence-electron chi connectivity index (χ2n) is 26.1. The van der Waals surface area contributed by atoms with Gasteiger partial charge in [-0.1, -0.05) is 244 Å². The quantitative estimate of drug-likeness (QED) is 0.163. The summed E-state index contributed by atoms with van der Waals surface area (Å²) in [6, 6.07) is 105. The molecule has 13 aromatic carbocycles. The van der Waals surface area contributed by atoms with Crippen LogP contribution in [0.15, 0.2) is 305 Å². The van der Waals surface area contributed by atoms with Gasteiger partial charge in [0.2, 0.25) is 11.9 Å². The molecule has 0 unspecified atom stereocenters. The van der Waals surface area contributed by atoms with Crippen molar-refractivity contribution in [1.29, 1.82) is 0 Å². The van der Waals surface area contributed by atoms with Gasteiger partial charge in [0.25, 0.3) is 0 Å². The maximum atomic E-state index is 5.86. The largest absolute Gasteiger partial charge is 0.345 e. The fourth-order valence-corrected chi connectivity index (χ4v) is 19.7. The molecule has 0 spiro atoms. The van der Waals surface area contributed by atoms with E-state index < -0.39 is 10.0 Å². The van der Waals surface area contributed by atoms with E-state index in [1.165, 1.54) is 91.2 Å². The molecule has 0 bridgehead atoms. The van der Waals surface area contributed by atoms with Crippen LogP contribution in [0.4, 0.5) is 11.6 Å². The second-order valence-corrected chi connectivity index (χ2v) is 29.2. The van der Waals surface area contributed by atoms with Crippen LogP contribution >= 0.6 is 10.0 Å². The Hall–Kier alpha value is -10.8. The van der Waals surface area contributed by atoms with Crippen molar-refractivity contribution >= 4 is 190 Å². The van der Waals surface area contributed by atoms with Crippen LogP contribution in [0.2, 0.25) is 0 Å². The highest BCUT2D eigenvalue weighted by Crippen LogP contribution is 2.74. The molecule has 0 saturated heterocycles. The number of fused-ring (bicyclic) bond motifs is 9. The van der Waals surface area contributed by atoms with E-state index >= 15 is 0 Å². The lowest BCUT2D eigenvalue weighted by Gasteiger charge is -2.42. The Kier molecular flexibility index (Phi) is 14.7. The summed E-state index contributed by atoms with van der Waals surface area (Å²) in [7, 11) is 16.1. The Labute approximate surface area is 575 Å². The summed E-state index contributed by atoms with van der Waals surface area (Å²) in [4.78, 5) is 24.7. The van der Waals surface area contributed by atoms with E-state index in [4.69, 9.17) is 15.0 Å². The fourth-order valence-electron chi connectivity index (χ4n) is 15.8. The highest BCUT2D eigenvalue weighted by Gasteiger charge is 2.40. The predicted molar refractivity (Wildman–Crippen MR) is 436 cm³/mol. The van der Waals surface area contributed by atoms with Gasteiger partial charge in [-0.25, -0.2) is 0 Å². The molecule has 97 heavy (non-hydrogen) atoms. The van der Waals surface area contributed by atoms with Gasteiger partial charge in [0.1, 0.15) is 62.8 Å². The number of aromatic nitrogens is 5. The molecule has 3 aromatic heterocycles. The predicted octanol–water partition coefficient (Wildman–Crippen LogP) is 5.40. The van der Waals surface area contributed by atoms with E-state index in [0.717, 1.165) is 76.9 Å². The number of anilines is 2. The minimum absolute atomic E-state index is 0.295. The molecule has 0 fully saturated rings. The molecule has 1 aliphatic rings. The number of para-hydroxylation sites is 2. The molecular formula is C81H63B9N6S. The Morgan fingerprint density at radius 2 is 0.763 bits per heavy atom. The molecule has 0 N–H and O–H groups in total. The third kappa shape index (κ3) is 9.50. The highest BCUT2D eigenvalue weighted by molar-refractivity contribution is 8.34. The van der Waals surface area contributed by atoms with Crippen molar-refractivity contribution in [3.05, 3.63) is 285 Å². The zero-order chi connectivity index (χ0) is 65.8. The van der Waals surface area contributed by atoms with Gasteiger partial charge in [0, 0.05) is 63.9 Å². The van der Waals surface area contributed by atoms with Gasteiger partial charge in [-0.3, -0.25) is 4.57 Å². The minimum Gasteiger partial charge on any atom is -0.345 e. The Bertz CT molecular complexity index is 5690. The van der Waals surface area contributed by atoms with Gasteiger partial charge in [0.15, 0.2) is 5.82 Å². The van der Waals surface area contributed by atoms with Crippen molar-refractivity contribution in [2.45, 2.75) is 19.6 Å². The smallest absolute Gasteiger partial charge is 0.331 e. The maximum Gasteiger partial charge on any atom is 0.331 e. The van der Waals surface area contributed by atoms with Crippen LogP contribution in [0.25, 0.3) is 100 Å². The van der Waals surface area contributed by atoms with E-state index in [-0.39, 0.29) is 6.85 Å². The summed E-state index contributed by atoms with van der Waals surface area (Å²) in [6.07, 6.45) is 0. The van der Waals surface area contributed by atoms with Gasteiger partial charge in [-0.05, 0) is 123 Å². The first-order valence-corrected chi connectivity index (χ1v) is 35.2. The lowest BCUT2D eigenvalue weighted by Crippen LogP contribution is -2.57. The molecule has 16 heteroatoms. The molecule has 1 aliphatic heterocycles. The molecule has 17 rings (SSSR count). The number of rotatable bonds is 11. The van der Waals surface area contributed by atoms with E-state index in [9.17, 15) is 0 Å². The molecule has 0 atom stereocenters. The molecule has 16 aromatic rings. The van der Waals surface area contributed by atoms with Crippen LogP contribution in [0.1, 0.15) is 0 Å². The fraction of sp³-hybridized carbons (Fsp3) is 0. The number of nitrogens with zero attached hydrogens (tertiary/aromatic N) is 6. The van der Waals surface area contributed by atoms with Crippen LogP contribution in [-0.2, 0) is 0 Å². The van der Waals surface area contributed by atoms with Gasteiger partial charge < -0.3 is 9.38 Å². The summed E-state index contributed by atoms with van der Waals surface area (Å²) in [5.74, 6) is 1.62. The summed E-state index contributed by atoms with van der Waals surface area (Å²) >= 11 is 0. The Morgan fingerprint density at radius 1 is 0.309 bits per heavy atom. The standard InChI is InChI=1S/C81H63B9N6S/c82-69-67-68-70(83)72(85)74(87)76(89)78(68)94(77(67)75(88)73(86)71(69)84)54-42-43-65-62(47-54)61-38-14-17-40-64(61)95(65)80-91-79(92-81(93-80)96-66-41-18-15-37-60(66)59-36-13-16-39-63(59)90(96)53-29-9-3-10-30-53)52-28-21-35-58(46-52)97(55-31-11-4-12-32-55,56-33-19-26-50(44-56)48-22-5-1-6-23-48)57-34-20-27-51(45-57)49-24-7-2-8-25-49/h1-47H,82-89H2. The minimum atomic E-state index is -2.32. The molecular weight excluding hydrogens is 1190 g/mol. The molecule has 0 radical (unpaired) electrons. The highest BCUT2D eigenvalue weighted by atomic mass is 32.3. The number of benzene rings is 13. The van der Waals surface area contributed by atoms with Crippen LogP contribution in [0.5, 0.6) is 0 Å². The average Bonchev–Trinajstić information content (AvgIpc) is 1.51. The third-order valence-corrected chi connectivity index (χ3v) is 25.0. The maximum absolute atomic E-state index is 5.86. The van der Waals surface area contributed by atoms with Crippen molar-refractivity contribution in [2.24, 2.45) is 0 Å².